The number of benzene rings is 2. The Labute approximate surface area is 255 Å². The number of nitrogens with two attached hydrogens (primary N) is 1. The predicted molar refractivity (Wildman–Crippen MR) is 162 cm³/mol. The number of ether oxygens (including phenoxy) is 4. The fraction of sp³-hybridized carbons (Fsp3) is 0.500. The summed E-state index contributed by atoms with van der Waals surface area (Å²) < 4.78 is 51.8. The van der Waals surface area contributed by atoms with E-state index in [1.165, 1.54) is 23.8 Å². The largest absolute Gasteiger partial charge is 0.465 e. The van der Waals surface area contributed by atoms with Crippen LogP contribution in [0.5, 0.6) is 5.75 Å². The Kier molecular flexibility index (Phi) is 9.18. The van der Waals surface area contributed by atoms with E-state index in [4.69, 9.17) is 33.7 Å². The number of anilines is 1. The molecule has 3 N–H and O–H groups in total. The molecule has 238 valence electrons. The molecule has 1 unspecified atom stereocenters. The zero-order valence-electron chi connectivity index (χ0n) is 25.4. The van der Waals surface area contributed by atoms with Crippen LogP contribution in [0.15, 0.2) is 59.5 Å². The summed E-state index contributed by atoms with van der Waals surface area (Å²) in [5, 5.41) is 4.30. The molecule has 2 saturated heterocycles. The van der Waals surface area contributed by atoms with Crippen molar-refractivity contribution in [3.05, 3.63) is 65.2 Å². The lowest BCUT2D eigenvalue weighted by Gasteiger charge is -2.30. The monoisotopic (exact) mass is 630 g/mol. The summed E-state index contributed by atoms with van der Waals surface area (Å²) in [6.07, 6.45) is 0.442. The summed E-state index contributed by atoms with van der Waals surface area (Å²) >= 11 is 0. The van der Waals surface area contributed by atoms with E-state index in [2.05, 4.69) is 10.1 Å². The van der Waals surface area contributed by atoms with Crippen molar-refractivity contribution in [2.24, 2.45) is 0 Å². The van der Waals surface area contributed by atoms with Gasteiger partial charge in [0, 0.05) is 11.6 Å². The maximum Gasteiger partial charge on any atom is 0.459 e. The number of nitrogens with one attached hydrogen (secondary N) is 1. The third kappa shape index (κ3) is 6.68. The second kappa shape index (κ2) is 12.6. The Morgan fingerprint density at radius 3 is 2.68 bits per heavy atom. The molecule has 2 aliphatic rings. The number of fused-ring (bicyclic) bond motifs is 2. The van der Waals surface area contributed by atoms with Crippen LogP contribution < -0.4 is 21.0 Å². The van der Waals surface area contributed by atoms with Crippen LogP contribution in [0, 0.1) is 0 Å². The molecule has 1 aromatic heterocycles. The number of esters is 1. The molecule has 44 heavy (non-hydrogen) atoms. The van der Waals surface area contributed by atoms with E-state index in [0.29, 0.717) is 17.6 Å². The Morgan fingerprint density at radius 1 is 1.18 bits per heavy atom. The molecule has 14 heteroatoms. The summed E-state index contributed by atoms with van der Waals surface area (Å²) in [7, 11) is -4.27. The van der Waals surface area contributed by atoms with E-state index < -0.39 is 55.3 Å². The lowest BCUT2D eigenvalue weighted by molar-refractivity contribution is -0.217. The van der Waals surface area contributed by atoms with Gasteiger partial charge in [-0.25, -0.2) is 9.36 Å². The molecule has 13 nitrogen and oxygen atoms in total. The lowest BCUT2D eigenvalue weighted by atomic mass is 9.96. The average molecular weight is 631 g/mol. The number of nitrogens with zero attached hydrogens (tertiary/aromatic N) is 2. The van der Waals surface area contributed by atoms with Crippen LogP contribution in [-0.4, -0.2) is 58.4 Å². The SMILES string of the molecule is CCCCOC(=O)[C@H](C)NP(=O)(OC[C@H]1O[C@@H](n2ccc(N)nc2=O)[C@]2(C)OC(C)(C)O[C@H]12)Oc1cccc2ccccc12. The van der Waals surface area contributed by atoms with Gasteiger partial charge in [-0.15, -0.1) is 0 Å². The van der Waals surface area contributed by atoms with Crippen LogP contribution >= 0.6 is 7.75 Å². The van der Waals surface area contributed by atoms with Gasteiger partial charge in [-0.3, -0.25) is 13.9 Å². The summed E-state index contributed by atoms with van der Waals surface area (Å²) in [5.74, 6) is -1.27. The van der Waals surface area contributed by atoms with Crippen LogP contribution in [0.3, 0.4) is 0 Å². The predicted octanol–water partition coefficient (Wildman–Crippen LogP) is 4.31. The maximum absolute atomic E-state index is 14.4. The minimum atomic E-state index is -4.27. The van der Waals surface area contributed by atoms with Gasteiger partial charge < -0.3 is 29.2 Å². The zero-order valence-corrected chi connectivity index (χ0v) is 26.3. The fourth-order valence-electron chi connectivity index (χ4n) is 5.51. The van der Waals surface area contributed by atoms with E-state index in [-0.39, 0.29) is 19.0 Å². The molecule has 2 aromatic carbocycles. The number of unbranched alkanes of at least 4 members (excludes halogenated alkanes) is 1. The van der Waals surface area contributed by atoms with Gasteiger partial charge in [-0.05, 0) is 51.6 Å². The van der Waals surface area contributed by atoms with Gasteiger partial charge in [0.1, 0.15) is 35.4 Å². The smallest absolute Gasteiger partial charge is 0.459 e. The van der Waals surface area contributed by atoms with Crippen LogP contribution in [0.4, 0.5) is 5.82 Å². The molecular weight excluding hydrogens is 591 g/mol. The summed E-state index contributed by atoms with van der Waals surface area (Å²) in [6, 6.07) is 13.2. The molecule has 6 atom stereocenters. The lowest BCUT2D eigenvalue weighted by Crippen LogP contribution is -2.45. The van der Waals surface area contributed by atoms with Crippen LogP contribution in [0.25, 0.3) is 10.8 Å². The normalized spacial score (nSPS) is 26.2. The third-order valence-electron chi connectivity index (χ3n) is 7.50. The second-order valence-corrected chi connectivity index (χ2v) is 13.2. The average Bonchev–Trinajstić information content (AvgIpc) is 3.37. The van der Waals surface area contributed by atoms with Gasteiger partial charge in [0.25, 0.3) is 0 Å². The Balaban J connectivity index is 1.42. The van der Waals surface area contributed by atoms with Crippen LogP contribution in [0.2, 0.25) is 0 Å². The Morgan fingerprint density at radius 2 is 1.93 bits per heavy atom. The first-order chi connectivity index (χ1) is 20.8. The molecule has 0 aliphatic carbocycles. The maximum atomic E-state index is 14.4. The van der Waals surface area contributed by atoms with Crippen molar-refractivity contribution >= 4 is 30.3 Å². The summed E-state index contributed by atoms with van der Waals surface area (Å²) in [6.45, 7) is 8.69. The van der Waals surface area contributed by atoms with Crippen molar-refractivity contribution in [2.75, 3.05) is 18.9 Å². The number of hydrogen-bond acceptors (Lipinski definition) is 11. The summed E-state index contributed by atoms with van der Waals surface area (Å²) in [4.78, 5) is 29.3. The van der Waals surface area contributed by atoms with Crippen molar-refractivity contribution in [2.45, 2.75) is 83.3 Å². The standard InChI is InChI=1S/C30H39N4O9P/c1-6-7-17-38-26(35)19(2)33-44(37,42-22-14-10-12-20-11-8-9-13-21(20)22)39-18-23-25-30(5,43-29(3,4)41-25)27(40-23)34-16-15-24(31)32-28(34)36/h8-16,19,23,25,27H,6-7,17-18H2,1-5H3,(H,33,37)(H2,31,32,36)/t19-,23+,25+,27+,30+,44?/m0/s1. The van der Waals surface area contributed by atoms with Gasteiger partial charge in [0.05, 0.1) is 13.2 Å². The fourth-order valence-corrected chi connectivity index (χ4v) is 7.03. The molecule has 0 radical (unpaired) electrons. The van der Waals surface area contributed by atoms with E-state index in [1.807, 2.05) is 37.3 Å². The third-order valence-corrected chi connectivity index (χ3v) is 9.13. The second-order valence-electron chi connectivity index (χ2n) is 11.5. The van der Waals surface area contributed by atoms with Crippen molar-refractivity contribution in [3.63, 3.8) is 0 Å². The highest BCUT2D eigenvalue weighted by Crippen LogP contribution is 2.53. The highest BCUT2D eigenvalue weighted by atomic mass is 31.2. The number of carbonyl (C=O) groups is 1. The highest BCUT2D eigenvalue weighted by molar-refractivity contribution is 7.52. The zero-order chi connectivity index (χ0) is 31.7. The molecule has 2 fully saturated rings. The molecule has 0 spiro atoms. The molecule has 3 aromatic rings. The first kappa shape index (κ1) is 32.1. The Hall–Kier alpha value is -3.32. The van der Waals surface area contributed by atoms with Gasteiger partial charge in [-0.1, -0.05) is 49.7 Å². The van der Waals surface area contributed by atoms with Crippen molar-refractivity contribution in [1.29, 1.82) is 0 Å². The summed E-state index contributed by atoms with van der Waals surface area (Å²) in [5.41, 5.74) is 3.92. The first-order valence-corrected chi connectivity index (χ1v) is 16.1. The molecule has 2 aliphatic heterocycles. The molecular formula is C30H39N4O9P. The quantitative estimate of drug-likeness (QED) is 0.166. The van der Waals surface area contributed by atoms with Crippen molar-refractivity contribution in [1.82, 2.24) is 14.6 Å². The number of rotatable bonds is 12. The number of aromatic nitrogens is 2. The number of nitrogen functional groups attached to an aromatic ring is 1. The van der Waals surface area contributed by atoms with Gasteiger partial charge >= 0.3 is 19.4 Å². The van der Waals surface area contributed by atoms with Gasteiger partial charge in [0.2, 0.25) is 0 Å². The molecule has 0 bridgehead atoms. The van der Waals surface area contributed by atoms with E-state index in [1.54, 1.807) is 32.9 Å². The highest BCUT2D eigenvalue weighted by Gasteiger charge is 2.64. The Bertz CT molecular complexity index is 1610. The molecule has 0 saturated carbocycles. The molecule has 5 rings (SSSR count). The molecule has 3 heterocycles. The minimum Gasteiger partial charge on any atom is -0.465 e. The topological polar surface area (TPSA) is 162 Å². The molecule has 0 amide bonds. The van der Waals surface area contributed by atoms with Crippen molar-refractivity contribution in [3.8, 4) is 5.75 Å². The van der Waals surface area contributed by atoms with Crippen LogP contribution in [-0.2, 0) is 32.8 Å². The number of hydrogen-bond donors (Lipinski definition) is 2. The van der Waals surface area contributed by atoms with E-state index in [0.717, 1.165) is 11.8 Å². The van der Waals surface area contributed by atoms with Gasteiger partial charge in [-0.2, -0.15) is 10.1 Å². The van der Waals surface area contributed by atoms with E-state index in [9.17, 15) is 14.2 Å². The van der Waals surface area contributed by atoms with Crippen LogP contribution in [0.1, 0.15) is 53.7 Å². The van der Waals surface area contributed by atoms with Crippen molar-refractivity contribution < 1.29 is 37.4 Å². The minimum absolute atomic E-state index is 0.0645. The van der Waals surface area contributed by atoms with Gasteiger partial charge in [0.15, 0.2) is 12.0 Å². The first-order valence-electron chi connectivity index (χ1n) is 14.6. The number of carbonyl (C=O) groups excluding carboxylic acids is 1. The van der Waals surface area contributed by atoms with E-state index >= 15 is 0 Å².